The quantitative estimate of drug-likeness (QED) is 0.847. The first kappa shape index (κ1) is 14.7. The number of ether oxygens (including phenoxy) is 3. The molecule has 0 spiro atoms. The van der Waals surface area contributed by atoms with Gasteiger partial charge in [0.15, 0.2) is 5.79 Å². The summed E-state index contributed by atoms with van der Waals surface area (Å²) >= 11 is 0. The number of nitrogens with one attached hydrogen (secondary N) is 1. The minimum atomic E-state index is -0.523. The Bertz CT molecular complexity index is 502. The van der Waals surface area contributed by atoms with Gasteiger partial charge in [-0.05, 0) is 32.9 Å². The molecule has 0 saturated carbocycles. The summed E-state index contributed by atoms with van der Waals surface area (Å²) in [5.41, 5.74) is 1.10. The predicted octanol–water partition coefficient (Wildman–Crippen LogP) is 1.74. The molecule has 0 radical (unpaired) electrons. The number of pyridine rings is 1. The van der Waals surface area contributed by atoms with Crippen molar-refractivity contribution < 1.29 is 19.0 Å². The Morgan fingerprint density at radius 1 is 1.55 bits per heavy atom. The minimum Gasteiger partial charge on any atom is -0.465 e. The van der Waals surface area contributed by atoms with Gasteiger partial charge in [0, 0.05) is 6.54 Å². The van der Waals surface area contributed by atoms with Gasteiger partial charge in [0.2, 0.25) is 0 Å². The van der Waals surface area contributed by atoms with E-state index in [2.05, 4.69) is 15.0 Å². The highest BCUT2D eigenvalue weighted by molar-refractivity contribution is 5.90. The second-order valence-electron chi connectivity index (χ2n) is 5.15. The van der Waals surface area contributed by atoms with E-state index < -0.39 is 5.79 Å². The van der Waals surface area contributed by atoms with Crippen LogP contribution in [0.2, 0.25) is 0 Å². The molecule has 1 N–H and O–H groups in total. The molecule has 1 aromatic heterocycles. The van der Waals surface area contributed by atoms with Gasteiger partial charge in [-0.3, -0.25) is 0 Å². The lowest BCUT2D eigenvalue weighted by Gasteiger charge is -2.17. The highest BCUT2D eigenvalue weighted by Gasteiger charge is 2.32. The number of rotatable bonds is 4. The van der Waals surface area contributed by atoms with Crippen molar-refractivity contribution in [2.24, 2.45) is 0 Å². The fraction of sp³-hybridized carbons (Fsp3) is 0.571. The monoisotopic (exact) mass is 280 g/mol. The van der Waals surface area contributed by atoms with Gasteiger partial charge >= 0.3 is 5.97 Å². The molecule has 6 heteroatoms. The zero-order chi connectivity index (χ0) is 14.8. The van der Waals surface area contributed by atoms with Gasteiger partial charge in [-0.1, -0.05) is 0 Å². The number of carbonyl (C=O) groups excluding carboxylic acids is 1. The molecule has 110 valence electrons. The number of aryl methyl sites for hydroxylation is 1. The maximum atomic E-state index is 11.5. The largest absolute Gasteiger partial charge is 0.465 e. The van der Waals surface area contributed by atoms with Crippen LogP contribution in [0, 0.1) is 6.92 Å². The molecule has 20 heavy (non-hydrogen) atoms. The van der Waals surface area contributed by atoms with E-state index in [0.29, 0.717) is 30.2 Å². The van der Waals surface area contributed by atoms with Crippen molar-refractivity contribution in [1.82, 2.24) is 4.98 Å². The highest BCUT2D eigenvalue weighted by Crippen LogP contribution is 2.22. The summed E-state index contributed by atoms with van der Waals surface area (Å²) in [5.74, 6) is -0.205. The summed E-state index contributed by atoms with van der Waals surface area (Å²) in [6, 6.07) is 3.45. The number of esters is 1. The van der Waals surface area contributed by atoms with E-state index in [9.17, 15) is 4.79 Å². The molecule has 1 aliphatic heterocycles. The molecule has 1 aromatic rings. The van der Waals surface area contributed by atoms with Crippen LogP contribution in [0.25, 0.3) is 0 Å². The summed E-state index contributed by atoms with van der Waals surface area (Å²) in [6.07, 6.45) is -0.00705. The molecular weight excluding hydrogens is 260 g/mol. The minimum absolute atomic E-state index is 0.00705. The van der Waals surface area contributed by atoms with Crippen molar-refractivity contribution in [2.75, 3.05) is 25.6 Å². The van der Waals surface area contributed by atoms with Crippen LogP contribution in [0.5, 0.6) is 0 Å². The van der Waals surface area contributed by atoms with Crippen LogP contribution in [-0.4, -0.2) is 43.1 Å². The van der Waals surface area contributed by atoms with Crippen LogP contribution in [0.1, 0.15) is 29.9 Å². The molecule has 0 bridgehead atoms. The second-order valence-corrected chi connectivity index (χ2v) is 5.15. The SMILES string of the molecule is COC(=O)c1ccc(NCC2COC(C)(C)O2)nc1C. The standard InChI is InChI=1S/C14H20N2O4/c1-9-11(13(17)18-4)5-6-12(16-9)15-7-10-8-19-14(2,3)20-10/h5-6,10H,7-8H2,1-4H3,(H,15,16). The lowest BCUT2D eigenvalue weighted by atomic mass is 10.2. The van der Waals surface area contributed by atoms with Crippen molar-refractivity contribution in [1.29, 1.82) is 0 Å². The topological polar surface area (TPSA) is 69.7 Å². The van der Waals surface area contributed by atoms with Gasteiger partial charge in [0.25, 0.3) is 0 Å². The number of anilines is 1. The third-order valence-corrected chi connectivity index (χ3v) is 3.07. The average Bonchev–Trinajstić information content (AvgIpc) is 2.75. The van der Waals surface area contributed by atoms with Crippen LogP contribution >= 0.6 is 0 Å². The summed E-state index contributed by atoms with van der Waals surface area (Å²) in [7, 11) is 1.35. The molecule has 0 aliphatic carbocycles. The average molecular weight is 280 g/mol. The predicted molar refractivity (Wildman–Crippen MR) is 73.7 cm³/mol. The Kier molecular flexibility index (Phi) is 4.25. The van der Waals surface area contributed by atoms with Crippen LogP contribution in [0.4, 0.5) is 5.82 Å². The Labute approximate surface area is 118 Å². The number of hydrogen-bond acceptors (Lipinski definition) is 6. The molecule has 1 atom stereocenters. The number of methoxy groups -OCH3 is 1. The molecule has 1 unspecified atom stereocenters. The van der Waals surface area contributed by atoms with Gasteiger partial charge in [0.1, 0.15) is 11.9 Å². The van der Waals surface area contributed by atoms with Crippen LogP contribution in [0.3, 0.4) is 0 Å². The molecule has 0 aromatic carbocycles. The first-order chi connectivity index (χ1) is 9.41. The van der Waals surface area contributed by atoms with E-state index >= 15 is 0 Å². The molecule has 2 heterocycles. The van der Waals surface area contributed by atoms with Crippen LogP contribution in [0.15, 0.2) is 12.1 Å². The van der Waals surface area contributed by atoms with E-state index in [1.54, 1.807) is 19.1 Å². The van der Waals surface area contributed by atoms with Gasteiger partial charge in [-0.2, -0.15) is 0 Å². The fourth-order valence-electron chi connectivity index (χ4n) is 2.07. The third kappa shape index (κ3) is 3.46. The summed E-state index contributed by atoms with van der Waals surface area (Å²) in [6.45, 7) is 6.71. The zero-order valence-corrected chi connectivity index (χ0v) is 12.2. The van der Waals surface area contributed by atoms with Crippen molar-refractivity contribution in [2.45, 2.75) is 32.7 Å². The van der Waals surface area contributed by atoms with Gasteiger partial charge in [0.05, 0.1) is 25.0 Å². The number of nitrogens with zero attached hydrogens (tertiary/aromatic N) is 1. The molecule has 1 fully saturated rings. The summed E-state index contributed by atoms with van der Waals surface area (Å²) in [5, 5.41) is 3.18. The van der Waals surface area contributed by atoms with Crippen LogP contribution in [-0.2, 0) is 14.2 Å². The van der Waals surface area contributed by atoms with Crippen molar-refractivity contribution in [3.05, 3.63) is 23.4 Å². The lowest BCUT2D eigenvalue weighted by Crippen LogP contribution is -2.26. The fourth-order valence-corrected chi connectivity index (χ4v) is 2.07. The smallest absolute Gasteiger partial charge is 0.339 e. The zero-order valence-electron chi connectivity index (χ0n) is 12.2. The van der Waals surface area contributed by atoms with Crippen LogP contribution < -0.4 is 5.32 Å². The van der Waals surface area contributed by atoms with E-state index in [4.69, 9.17) is 9.47 Å². The lowest BCUT2D eigenvalue weighted by molar-refractivity contribution is -0.136. The van der Waals surface area contributed by atoms with Gasteiger partial charge in [-0.25, -0.2) is 9.78 Å². The first-order valence-corrected chi connectivity index (χ1v) is 6.53. The van der Waals surface area contributed by atoms with E-state index in [-0.39, 0.29) is 12.1 Å². The number of carbonyl (C=O) groups is 1. The second kappa shape index (κ2) is 5.76. The Balaban J connectivity index is 1.94. The highest BCUT2D eigenvalue weighted by atomic mass is 16.7. The maximum absolute atomic E-state index is 11.5. The van der Waals surface area contributed by atoms with Crippen molar-refractivity contribution >= 4 is 11.8 Å². The third-order valence-electron chi connectivity index (χ3n) is 3.07. The Morgan fingerprint density at radius 2 is 2.30 bits per heavy atom. The molecule has 2 rings (SSSR count). The number of hydrogen-bond donors (Lipinski definition) is 1. The van der Waals surface area contributed by atoms with Gasteiger partial charge in [-0.15, -0.1) is 0 Å². The maximum Gasteiger partial charge on any atom is 0.339 e. The first-order valence-electron chi connectivity index (χ1n) is 6.53. The summed E-state index contributed by atoms with van der Waals surface area (Å²) < 4.78 is 15.9. The summed E-state index contributed by atoms with van der Waals surface area (Å²) in [4.78, 5) is 15.8. The molecule has 1 saturated heterocycles. The van der Waals surface area contributed by atoms with E-state index in [1.165, 1.54) is 7.11 Å². The Morgan fingerprint density at radius 3 is 2.85 bits per heavy atom. The Hall–Kier alpha value is -1.66. The molecule has 1 aliphatic rings. The molecular formula is C14H20N2O4. The molecule has 6 nitrogen and oxygen atoms in total. The molecule has 0 amide bonds. The van der Waals surface area contributed by atoms with Crippen molar-refractivity contribution in [3.8, 4) is 0 Å². The van der Waals surface area contributed by atoms with E-state index in [0.717, 1.165) is 0 Å². The number of aromatic nitrogens is 1. The normalized spacial score (nSPS) is 20.7. The van der Waals surface area contributed by atoms with E-state index in [1.807, 2.05) is 13.8 Å². The van der Waals surface area contributed by atoms with Gasteiger partial charge < -0.3 is 19.5 Å². The van der Waals surface area contributed by atoms with Crippen molar-refractivity contribution in [3.63, 3.8) is 0 Å².